The lowest BCUT2D eigenvalue weighted by atomic mass is 10.3. The first-order valence-corrected chi connectivity index (χ1v) is 5.09. The van der Waals surface area contributed by atoms with Crippen LogP contribution in [-0.2, 0) is 0 Å². The fraction of sp³-hybridized carbons (Fsp3) is 0. The Morgan fingerprint density at radius 3 is 2.39 bits per heavy atom. The molecule has 2 heterocycles. The zero-order valence-electron chi connectivity index (χ0n) is 8.98. The zero-order valence-corrected chi connectivity index (χ0v) is 8.98. The quantitative estimate of drug-likeness (QED) is 0.614. The number of para-hydroxylation sites is 2. The molecule has 0 bridgehead atoms. The molecule has 3 rings (SSSR count). The summed E-state index contributed by atoms with van der Waals surface area (Å²) in [5, 5.41) is 9.09. The van der Waals surface area contributed by atoms with Crippen LogP contribution in [0.15, 0.2) is 46.1 Å². The van der Waals surface area contributed by atoms with Gasteiger partial charge in [-0.05, 0) is 12.1 Å². The molecule has 0 aliphatic carbocycles. The second-order valence-electron chi connectivity index (χ2n) is 3.70. The fourth-order valence-corrected chi connectivity index (χ4v) is 1.98. The highest BCUT2D eigenvalue weighted by atomic mass is 16.4. The van der Waals surface area contributed by atoms with Crippen LogP contribution in [0.5, 0.6) is 0 Å². The standard InChI is InChI=1S/C11H7N3O4/c15-9-5-6-12-10(16)13(11(17)18)7-3-1-2-4-8(7)14(9)12/h1-6H,(H,17,18). The molecule has 90 valence electrons. The predicted molar refractivity (Wildman–Crippen MR) is 62.3 cm³/mol. The summed E-state index contributed by atoms with van der Waals surface area (Å²) in [5.74, 6) is 0. The molecule has 0 aliphatic rings. The maximum Gasteiger partial charge on any atom is 0.420 e. The summed E-state index contributed by atoms with van der Waals surface area (Å²) in [4.78, 5) is 34.8. The lowest BCUT2D eigenvalue weighted by molar-refractivity contribution is 0.195. The van der Waals surface area contributed by atoms with Crippen LogP contribution in [0, 0.1) is 0 Å². The number of fused-ring (bicyclic) bond motifs is 3. The molecule has 1 aromatic carbocycles. The van der Waals surface area contributed by atoms with Crippen molar-refractivity contribution >= 4 is 17.1 Å². The third kappa shape index (κ3) is 1.15. The van der Waals surface area contributed by atoms with Gasteiger partial charge in [0.2, 0.25) is 0 Å². The Kier molecular flexibility index (Phi) is 1.91. The van der Waals surface area contributed by atoms with Crippen molar-refractivity contribution in [3.8, 4) is 0 Å². The molecule has 0 spiro atoms. The lowest BCUT2D eigenvalue weighted by Gasteiger charge is -2.08. The summed E-state index contributed by atoms with van der Waals surface area (Å²) in [6, 6.07) is 7.53. The van der Waals surface area contributed by atoms with Crippen molar-refractivity contribution in [1.82, 2.24) is 13.6 Å². The van der Waals surface area contributed by atoms with Crippen LogP contribution in [0.4, 0.5) is 4.79 Å². The third-order valence-corrected chi connectivity index (χ3v) is 2.71. The average molecular weight is 245 g/mol. The molecule has 0 saturated carbocycles. The Morgan fingerprint density at radius 2 is 1.72 bits per heavy atom. The Bertz CT molecular complexity index is 900. The van der Waals surface area contributed by atoms with Crippen molar-refractivity contribution < 1.29 is 9.90 Å². The van der Waals surface area contributed by atoms with Gasteiger partial charge >= 0.3 is 11.8 Å². The Hall–Kier alpha value is -2.83. The maximum atomic E-state index is 12.0. The molecule has 0 amide bonds. The summed E-state index contributed by atoms with van der Waals surface area (Å²) in [5.41, 5.74) is -0.665. The van der Waals surface area contributed by atoms with Gasteiger partial charge in [-0.25, -0.2) is 18.6 Å². The minimum Gasteiger partial charge on any atom is -0.464 e. The van der Waals surface area contributed by atoms with E-state index in [1.54, 1.807) is 18.2 Å². The third-order valence-electron chi connectivity index (χ3n) is 2.71. The number of hydrogen-bond donors (Lipinski definition) is 1. The highest BCUT2D eigenvalue weighted by Crippen LogP contribution is 2.09. The first kappa shape index (κ1) is 10.3. The molecule has 0 saturated heterocycles. The largest absolute Gasteiger partial charge is 0.464 e. The predicted octanol–water partition coefficient (Wildman–Crippen LogP) is 0.240. The summed E-state index contributed by atoms with van der Waals surface area (Å²) in [6.45, 7) is 0. The number of benzene rings is 1. The number of carbonyl (C=O) groups is 1. The van der Waals surface area contributed by atoms with Crippen LogP contribution in [-0.4, -0.2) is 24.8 Å². The van der Waals surface area contributed by atoms with E-state index in [1.165, 1.54) is 18.3 Å². The van der Waals surface area contributed by atoms with Gasteiger partial charge in [-0.3, -0.25) is 4.79 Å². The van der Waals surface area contributed by atoms with Crippen LogP contribution >= 0.6 is 0 Å². The molecule has 0 atom stereocenters. The van der Waals surface area contributed by atoms with Crippen molar-refractivity contribution in [3.63, 3.8) is 0 Å². The smallest absolute Gasteiger partial charge is 0.420 e. The highest BCUT2D eigenvalue weighted by molar-refractivity contribution is 5.84. The van der Waals surface area contributed by atoms with Crippen LogP contribution in [0.25, 0.3) is 11.0 Å². The Labute approximate surface area is 98.7 Å². The monoisotopic (exact) mass is 245 g/mol. The van der Waals surface area contributed by atoms with Gasteiger partial charge in [0.1, 0.15) is 0 Å². The minimum absolute atomic E-state index is 0.170. The van der Waals surface area contributed by atoms with Gasteiger partial charge in [0.15, 0.2) is 0 Å². The van der Waals surface area contributed by atoms with Crippen molar-refractivity contribution in [2.45, 2.75) is 0 Å². The summed E-state index contributed by atoms with van der Waals surface area (Å²) < 4.78 is 2.71. The van der Waals surface area contributed by atoms with Crippen LogP contribution in [0.1, 0.15) is 0 Å². The fourth-order valence-electron chi connectivity index (χ4n) is 1.98. The molecule has 7 heteroatoms. The number of hydrogen-bond acceptors (Lipinski definition) is 3. The lowest BCUT2D eigenvalue weighted by Crippen LogP contribution is -2.35. The molecule has 1 N–H and O–H groups in total. The van der Waals surface area contributed by atoms with Gasteiger partial charge in [0.05, 0.1) is 11.0 Å². The minimum atomic E-state index is -1.39. The molecule has 18 heavy (non-hydrogen) atoms. The van der Waals surface area contributed by atoms with Crippen molar-refractivity contribution in [2.75, 3.05) is 0 Å². The van der Waals surface area contributed by atoms with E-state index in [0.29, 0.717) is 10.1 Å². The average Bonchev–Trinajstić information content (AvgIpc) is 2.72. The van der Waals surface area contributed by atoms with Gasteiger partial charge in [-0.1, -0.05) is 12.1 Å². The molecular formula is C11H7N3O4. The maximum absolute atomic E-state index is 12.0. The summed E-state index contributed by atoms with van der Waals surface area (Å²) in [7, 11) is 0. The second-order valence-corrected chi connectivity index (χ2v) is 3.70. The molecule has 0 aliphatic heterocycles. The molecule has 7 nitrogen and oxygen atoms in total. The molecule has 0 unspecified atom stereocenters. The van der Waals surface area contributed by atoms with E-state index in [-0.39, 0.29) is 11.1 Å². The van der Waals surface area contributed by atoms with Crippen LogP contribution in [0.2, 0.25) is 0 Å². The number of nitrogens with zero attached hydrogens (tertiary/aromatic N) is 3. The van der Waals surface area contributed by atoms with Gasteiger partial charge in [-0.15, -0.1) is 0 Å². The number of carboxylic acid groups (broad SMARTS) is 1. The second kappa shape index (κ2) is 3.33. The van der Waals surface area contributed by atoms with E-state index >= 15 is 0 Å². The molecule has 0 fully saturated rings. The van der Waals surface area contributed by atoms with E-state index in [4.69, 9.17) is 5.11 Å². The molecule has 2 aromatic heterocycles. The first-order valence-electron chi connectivity index (χ1n) is 5.09. The van der Waals surface area contributed by atoms with E-state index in [0.717, 1.165) is 9.03 Å². The van der Waals surface area contributed by atoms with Crippen molar-refractivity contribution in [2.24, 2.45) is 0 Å². The van der Waals surface area contributed by atoms with E-state index in [9.17, 15) is 14.4 Å². The van der Waals surface area contributed by atoms with Gasteiger partial charge < -0.3 is 5.11 Å². The highest BCUT2D eigenvalue weighted by Gasteiger charge is 2.15. The van der Waals surface area contributed by atoms with Gasteiger partial charge in [-0.2, -0.15) is 4.57 Å². The normalized spacial score (nSPS) is 11.1. The van der Waals surface area contributed by atoms with Crippen LogP contribution in [0.3, 0.4) is 0 Å². The molecule has 0 radical (unpaired) electrons. The number of rotatable bonds is 0. The van der Waals surface area contributed by atoms with E-state index in [2.05, 4.69) is 0 Å². The SMILES string of the molecule is O=C(O)n1c(=O)n2ccc(=O)n2c2ccccc21. The van der Waals surface area contributed by atoms with Gasteiger partial charge in [0, 0.05) is 12.3 Å². The van der Waals surface area contributed by atoms with E-state index < -0.39 is 11.8 Å². The zero-order chi connectivity index (χ0) is 12.9. The summed E-state index contributed by atoms with van der Waals surface area (Å²) >= 11 is 0. The molecular weight excluding hydrogens is 238 g/mol. The molecule has 3 aromatic rings. The van der Waals surface area contributed by atoms with Crippen LogP contribution < -0.4 is 11.2 Å². The Morgan fingerprint density at radius 1 is 1.06 bits per heavy atom. The van der Waals surface area contributed by atoms with Gasteiger partial charge in [0.25, 0.3) is 5.56 Å². The van der Waals surface area contributed by atoms with Crippen molar-refractivity contribution in [3.05, 3.63) is 57.4 Å². The number of aromatic nitrogens is 3. The summed E-state index contributed by atoms with van der Waals surface area (Å²) in [6.07, 6.45) is -0.142. The Balaban J connectivity index is 2.78. The first-order chi connectivity index (χ1) is 8.61. The van der Waals surface area contributed by atoms with Crippen molar-refractivity contribution in [1.29, 1.82) is 0 Å². The topological polar surface area (TPSA) is 85.2 Å². The van der Waals surface area contributed by atoms with E-state index in [1.807, 2.05) is 0 Å².